The SMILES string of the molecule is c1ccc(C2(c3cc4ccc5cccc6ccc(c3)c4c56)c3ccccc3-c3ccc(-c4nc5ccccc5o4)cc32)cc1. The van der Waals surface area contributed by atoms with Crippen LogP contribution in [0.1, 0.15) is 22.3 Å². The second-order valence-corrected chi connectivity index (χ2v) is 11.9. The van der Waals surface area contributed by atoms with Crippen molar-refractivity contribution in [2.24, 2.45) is 0 Å². The maximum absolute atomic E-state index is 6.29. The van der Waals surface area contributed by atoms with Crippen molar-refractivity contribution in [2.75, 3.05) is 0 Å². The minimum Gasteiger partial charge on any atom is -0.436 e. The van der Waals surface area contributed by atoms with Crippen LogP contribution in [-0.4, -0.2) is 4.98 Å². The predicted octanol–water partition coefficient (Wildman–Crippen LogP) is 10.8. The molecule has 1 atom stereocenters. The molecule has 9 aromatic rings. The molecule has 1 heterocycles. The third-order valence-electron chi connectivity index (χ3n) is 9.69. The molecule has 0 bridgehead atoms. The van der Waals surface area contributed by atoms with Crippen LogP contribution in [0.2, 0.25) is 0 Å². The van der Waals surface area contributed by atoms with E-state index < -0.39 is 5.41 Å². The number of fused-ring (bicyclic) bond motifs is 4. The number of nitrogens with zero attached hydrogens (tertiary/aromatic N) is 1. The van der Waals surface area contributed by atoms with Crippen LogP contribution < -0.4 is 0 Å². The summed E-state index contributed by atoms with van der Waals surface area (Å²) in [5.41, 5.74) is 9.67. The van der Waals surface area contributed by atoms with Crippen LogP contribution in [0.3, 0.4) is 0 Å². The molecule has 0 aliphatic heterocycles. The number of hydrogen-bond acceptors (Lipinski definition) is 2. The summed E-state index contributed by atoms with van der Waals surface area (Å²) in [4.78, 5) is 4.88. The summed E-state index contributed by atoms with van der Waals surface area (Å²) >= 11 is 0. The van der Waals surface area contributed by atoms with Crippen LogP contribution in [-0.2, 0) is 5.41 Å². The van der Waals surface area contributed by atoms with Gasteiger partial charge in [0.2, 0.25) is 5.89 Å². The molecule has 0 amide bonds. The lowest BCUT2D eigenvalue weighted by Crippen LogP contribution is -2.28. The van der Waals surface area contributed by atoms with Gasteiger partial charge in [0.1, 0.15) is 5.52 Å². The fourth-order valence-electron chi connectivity index (χ4n) is 7.86. The van der Waals surface area contributed by atoms with E-state index in [2.05, 4.69) is 127 Å². The number of aromatic nitrogens is 1. The Labute approximate surface area is 254 Å². The van der Waals surface area contributed by atoms with E-state index in [9.17, 15) is 0 Å². The van der Waals surface area contributed by atoms with Crippen molar-refractivity contribution in [1.29, 1.82) is 0 Å². The Morgan fingerprint density at radius 2 is 1.11 bits per heavy atom. The lowest BCUT2D eigenvalue weighted by Gasteiger charge is -2.34. The molecule has 0 spiro atoms. The molecule has 204 valence electrons. The van der Waals surface area contributed by atoms with E-state index in [1.165, 1.54) is 65.7 Å². The number of rotatable bonds is 3. The van der Waals surface area contributed by atoms with Gasteiger partial charge in [-0.15, -0.1) is 0 Å². The maximum Gasteiger partial charge on any atom is 0.227 e. The third kappa shape index (κ3) is 3.07. The van der Waals surface area contributed by atoms with Crippen molar-refractivity contribution in [3.05, 3.63) is 174 Å². The molecule has 10 rings (SSSR count). The Bertz CT molecular complexity index is 2460. The van der Waals surface area contributed by atoms with Gasteiger partial charge >= 0.3 is 0 Å². The zero-order chi connectivity index (χ0) is 28.8. The molecule has 2 heteroatoms. The molecule has 0 fully saturated rings. The molecule has 44 heavy (non-hydrogen) atoms. The first kappa shape index (κ1) is 23.8. The largest absolute Gasteiger partial charge is 0.436 e. The highest BCUT2D eigenvalue weighted by molar-refractivity contribution is 6.23. The Morgan fingerprint density at radius 1 is 0.455 bits per heavy atom. The quantitative estimate of drug-likeness (QED) is 0.201. The van der Waals surface area contributed by atoms with Crippen LogP contribution in [0.15, 0.2) is 156 Å². The minimum absolute atomic E-state index is 0.528. The Kier molecular flexibility index (Phi) is 4.68. The van der Waals surface area contributed by atoms with Gasteiger partial charge in [-0.25, -0.2) is 4.98 Å². The van der Waals surface area contributed by atoms with E-state index in [1.54, 1.807) is 0 Å². The smallest absolute Gasteiger partial charge is 0.227 e. The Hall–Kier alpha value is -5.73. The molecule has 8 aromatic carbocycles. The average Bonchev–Trinajstić information content (AvgIpc) is 3.65. The standard InChI is InChI=1S/C42H25NO/c1-2-11-31(12-3-1)42(32-23-28-19-17-26-9-8-10-27-18-20-29(24-32)40(28)39(26)27)35-14-5-4-13-33(35)34-22-21-30(25-36(34)42)41-43-37-15-6-7-16-38(37)44-41/h1-25H. The van der Waals surface area contributed by atoms with Gasteiger partial charge < -0.3 is 4.42 Å². The fourth-order valence-corrected chi connectivity index (χ4v) is 7.86. The van der Waals surface area contributed by atoms with Gasteiger partial charge in [0.15, 0.2) is 5.58 Å². The van der Waals surface area contributed by atoms with Gasteiger partial charge in [-0.1, -0.05) is 115 Å². The zero-order valence-electron chi connectivity index (χ0n) is 23.8. The monoisotopic (exact) mass is 559 g/mol. The fraction of sp³-hybridized carbons (Fsp3) is 0.0238. The van der Waals surface area contributed by atoms with Crippen LogP contribution in [0.25, 0.3) is 66.0 Å². The lowest BCUT2D eigenvalue weighted by molar-refractivity contribution is 0.619. The summed E-state index contributed by atoms with van der Waals surface area (Å²) in [6.45, 7) is 0. The Balaban J connectivity index is 1.33. The molecule has 0 radical (unpaired) electrons. The van der Waals surface area contributed by atoms with Crippen molar-refractivity contribution in [3.8, 4) is 22.6 Å². The van der Waals surface area contributed by atoms with Crippen molar-refractivity contribution in [2.45, 2.75) is 5.41 Å². The van der Waals surface area contributed by atoms with Gasteiger partial charge in [0, 0.05) is 5.56 Å². The molecule has 1 aliphatic carbocycles. The first-order valence-electron chi connectivity index (χ1n) is 15.1. The summed E-state index contributed by atoms with van der Waals surface area (Å²) in [5.74, 6) is 0.641. The number of para-hydroxylation sites is 2. The maximum atomic E-state index is 6.29. The second kappa shape index (κ2) is 8.65. The Morgan fingerprint density at radius 3 is 1.91 bits per heavy atom. The molecule has 0 saturated carbocycles. The van der Waals surface area contributed by atoms with E-state index in [0.29, 0.717) is 5.89 Å². The topological polar surface area (TPSA) is 26.0 Å². The van der Waals surface area contributed by atoms with E-state index in [0.717, 1.165) is 16.7 Å². The average molecular weight is 560 g/mol. The highest BCUT2D eigenvalue weighted by atomic mass is 16.3. The summed E-state index contributed by atoms with van der Waals surface area (Å²) in [6.07, 6.45) is 0. The van der Waals surface area contributed by atoms with Crippen molar-refractivity contribution < 1.29 is 4.42 Å². The van der Waals surface area contributed by atoms with E-state index in [4.69, 9.17) is 9.40 Å². The summed E-state index contributed by atoms with van der Waals surface area (Å²) < 4.78 is 6.29. The highest BCUT2D eigenvalue weighted by Crippen LogP contribution is 2.57. The molecular formula is C42H25NO. The molecule has 1 unspecified atom stereocenters. The van der Waals surface area contributed by atoms with Crippen LogP contribution in [0.4, 0.5) is 0 Å². The van der Waals surface area contributed by atoms with Crippen molar-refractivity contribution in [3.63, 3.8) is 0 Å². The minimum atomic E-state index is -0.528. The van der Waals surface area contributed by atoms with E-state index >= 15 is 0 Å². The highest BCUT2D eigenvalue weighted by Gasteiger charge is 2.46. The van der Waals surface area contributed by atoms with Crippen molar-refractivity contribution in [1.82, 2.24) is 4.98 Å². The van der Waals surface area contributed by atoms with Crippen LogP contribution in [0, 0.1) is 0 Å². The molecule has 0 N–H and O–H groups in total. The molecule has 2 nitrogen and oxygen atoms in total. The van der Waals surface area contributed by atoms with Crippen LogP contribution in [0.5, 0.6) is 0 Å². The van der Waals surface area contributed by atoms with Gasteiger partial charge in [-0.2, -0.15) is 0 Å². The lowest BCUT2D eigenvalue weighted by atomic mass is 9.67. The third-order valence-corrected chi connectivity index (χ3v) is 9.69. The molecule has 1 aromatic heterocycles. The first-order valence-corrected chi connectivity index (χ1v) is 15.1. The zero-order valence-corrected chi connectivity index (χ0v) is 23.8. The normalized spacial score (nSPS) is 15.8. The van der Waals surface area contributed by atoms with Gasteiger partial charge in [-0.3, -0.25) is 0 Å². The second-order valence-electron chi connectivity index (χ2n) is 11.9. The first-order chi connectivity index (χ1) is 21.8. The van der Waals surface area contributed by atoms with Gasteiger partial charge in [0.25, 0.3) is 0 Å². The van der Waals surface area contributed by atoms with Gasteiger partial charge in [-0.05, 0) is 102 Å². The molecular weight excluding hydrogens is 534 g/mol. The summed E-state index contributed by atoms with van der Waals surface area (Å²) in [7, 11) is 0. The molecule has 0 saturated heterocycles. The van der Waals surface area contributed by atoms with Crippen LogP contribution >= 0.6 is 0 Å². The molecule has 1 aliphatic rings. The number of hydrogen-bond donors (Lipinski definition) is 0. The number of oxazole rings is 1. The van der Waals surface area contributed by atoms with Crippen molar-refractivity contribution >= 4 is 43.4 Å². The summed E-state index contributed by atoms with van der Waals surface area (Å²) in [5, 5.41) is 7.76. The predicted molar refractivity (Wildman–Crippen MR) is 180 cm³/mol. The number of benzene rings is 8. The summed E-state index contributed by atoms with van der Waals surface area (Å²) in [6, 6.07) is 55.2. The van der Waals surface area contributed by atoms with E-state index in [1.807, 2.05) is 24.3 Å². The van der Waals surface area contributed by atoms with Gasteiger partial charge in [0.05, 0.1) is 5.41 Å². The van der Waals surface area contributed by atoms with E-state index in [-0.39, 0.29) is 0 Å².